The van der Waals surface area contributed by atoms with Crippen molar-refractivity contribution in [2.75, 3.05) is 13.7 Å². The third-order valence-corrected chi connectivity index (χ3v) is 4.84. The molecular weight excluding hydrogens is 260 g/mol. The van der Waals surface area contributed by atoms with Crippen LogP contribution >= 0.6 is 0 Å². The Morgan fingerprint density at radius 1 is 1.43 bits per heavy atom. The van der Waals surface area contributed by atoms with E-state index in [-0.39, 0.29) is 11.5 Å². The van der Waals surface area contributed by atoms with Crippen LogP contribution in [-0.4, -0.2) is 18.3 Å². The Morgan fingerprint density at radius 3 is 2.71 bits per heavy atom. The summed E-state index contributed by atoms with van der Waals surface area (Å²) in [6.07, 6.45) is 3.28. The molecule has 1 atom stereocenters. The van der Waals surface area contributed by atoms with Gasteiger partial charge in [-0.3, -0.25) is 0 Å². The van der Waals surface area contributed by atoms with Crippen molar-refractivity contribution in [3.63, 3.8) is 0 Å². The van der Waals surface area contributed by atoms with Gasteiger partial charge in [-0.2, -0.15) is 0 Å². The number of hydrogen-bond donors (Lipinski definition) is 1. The highest BCUT2D eigenvalue weighted by Crippen LogP contribution is 2.41. The maximum absolute atomic E-state index is 6.41. The number of nitrogens with zero attached hydrogens (tertiary/aromatic N) is 1. The molecule has 0 aliphatic heterocycles. The summed E-state index contributed by atoms with van der Waals surface area (Å²) >= 11 is 0. The Balaban J connectivity index is 2.29. The van der Waals surface area contributed by atoms with E-state index in [1.54, 1.807) is 7.11 Å². The first-order valence-corrected chi connectivity index (χ1v) is 8.09. The van der Waals surface area contributed by atoms with E-state index >= 15 is 0 Å². The minimum atomic E-state index is 0.186. The number of methoxy groups -OCH3 is 1. The molecule has 3 nitrogen and oxygen atoms in total. The second-order valence-electron chi connectivity index (χ2n) is 8.33. The quantitative estimate of drug-likeness (QED) is 0.896. The van der Waals surface area contributed by atoms with Crippen LogP contribution in [0.5, 0.6) is 0 Å². The van der Waals surface area contributed by atoms with Crippen molar-refractivity contribution in [1.29, 1.82) is 0 Å². The molecule has 2 N–H and O–H groups in total. The zero-order valence-electron chi connectivity index (χ0n) is 14.6. The van der Waals surface area contributed by atoms with Crippen LogP contribution in [0, 0.1) is 17.8 Å². The number of aromatic nitrogens is 1. The van der Waals surface area contributed by atoms with Gasteiger partial charge >= 0.3 is 0 Å². The molecule has 120 valence electrons. The van der Waals surface area contributed by atoms with Gasteiger partial charge in [-0.05, 0) is 48.6 Å². The SMILES string of the molecule is COCCC(C)(C)Cn1c(C)cc2c1CC(C)(C)CC2N. The molecule has 0 bridgehead atoms. The van der Waals surface area contributed by atoms with E-state index in [0.717, 1.165) is 32.4 Å². The van der Waals surface area contributed by atoms with Gasteiger partial charge in [-0.1, -0.05) is 27.7 Å². The lowest BCUT2D eigenvalue weighted by atomic mass is 9.74. The lowest BCUT2D eigenvalue weighted by Crippen LogP contribution is -2.32. The van der Waals surface area contributed by atoms with E-state index in [2.05, 4.69) is 45.3 Å². The molecular formula is C18H32N2O. The van der Waals surface area contributed by atoms with E-state index < -0.39 is 0 Å². The molecule has 0 amide bonds. The Bertz CT molecular complexity index is 500. The Hall–Kier alpha value is -0.800. The molecule has 1 aromatic heterocycles. The van der Waals surface area contributed by atoms with E-state index in [1.165, 1.54) is 17.0 Å². The molecule has 1 heterocycles. The van der Waals surface area contributed by atoms with Gasteiger partial charge in [0.2, 0.25) is 0 Å². The molecule has 0 fully saturated rings. The summed E-state index contributed by atoms with van der Waals surface area (Å²) in [5, 5.41) is 0. The van der Waals surface area contributed by atoms with E-state index in [9.17, 15) is 0 Å². The van der Waals surface area contributed by atoms with Gasteiger partial charge in [0.1, 0.15) is 0 Å². The molecule has 0 spiro atoms. The topological polar surface area (TPSA) is 40.2 Å². The highest BCUT2D eigenvalue weighted by atomic mass is 16.5. The van der Waals surface area contributed by atoms with Crippen LogP contribution in [-0.2, 0) is 17.7 Å². The molecule has 0 saturated carbocycles. The van der Waals surface area contributed by atoms with Gasteiger partial charge < -0.3 is 15.0 Å². The van der Waals surface area contributed by atoms with Crippen LogP contribution in [0.3, 0.4) is 0 Å². The normalized spacial score (nSPS) is 21.4. The first-order chi connectivity index (χ1) is 9.65. The van der Waals surface area contributed by atoms with Crippen LogP contribution in [0.2, 0.25) is 0 Å². The number of aryl methyl sites for hydroxylation is 1. The van der Waals surface area contributed by atoms with Crippen molar-refractivity contribution in [3.05, 3.63) is 23.0 Å². The zero-order valence-corrected chi connectivity index (χ0v) is 14.6. The third-order valence-electron chi connectivity index (χ3n) is 4.84. The molecule has 0 aromatic carbocycles. The van der Waals surface area contributed by atoms with Crippen molar-refractivity contribution < 1.29 is 4.74 Å². The fourth-order valence-electron chi connectivity index (χ4n) is 3.61. The van der Waals surface area contributed by atoms with E-state index in [0.29, 0.717) is 5.41 Å². The predicted molar refractivity (Wildman–Crippen MR) is 88.5 cm³/mol. The lowest BCUT2D eigenvalue weighted by Gasteiger charge is -2.36. The monoisotopic (exact) mass is 292 g/mol. The minimum Gasteiger partial charge on any atom is -0.385 e. The molecule has 1 aliphatic rings. The van der Waals surface area contributed by atoms with Gasteiger partial charge in [0.15, 0.2) is 0 Å². The highest BCUT2D eigenvalue weighted by Gasteiger charge is 2.34. The average Bonchev–Trinajstić information content (AvgIpc) is 2.63. The van der Waals surface area contributed by atoms with Crippen LogP contribution in [0.1, 0.15) is 63.5 Å². The largest absolute Gasteiger partial charge is 0.385 e. The summed E-state index contributed by atoms with van der Waals surface area (Å²) in [4.78, 5) is 0. The molecule has 1 unspecified atom stereocenters. The fourth-order valence-corrected chi connectivity index (χ4v) is 3.61. The zero-order chi connectivity index (χ0) is 15.8. The van der Waals surface area contributed by atoms with Crippen LogP contribution < -0.4 is 5.73 Å². The summed E-state index contributed by atoms with van der Waals surface area (Å²) < 4.78 is 7.77. The lowest BCUT2D eigenvalue weighted by molar-refractivity contribution is 0.140. The predicted octanol–water partition coefficient (Wildman–Crippen LogP) is 3.83. The second kappa shape index (κ2) is 5.77. The number of ether oxygens (including phenoxy) is 1. The summed E-state index contributed by atoms with van der Waals surface area (Å²) in [5.41, 5.74) is 11.1. The fraction of sp³-hybridized carbons (Fsp3) is 0.778. The van der Waals surface area contributed by atoms with Crippen molar-refractivity contribution in [1.82, 2.24) is 4.57 Å². The third kappa shape index (κ3) is 3.70. The van der Waals surface area contributed by atoms with Gasteiger partial charge in [0, 0.05) is 37.7 Å². The van der Waals surface area contributed by atoms with Crippen LogP contribution in [0.4, 0.5) is 0 Å². The van der Waals surface area contributed by atoms with Crippen molar-refractivity contribution >= 4 is 0 Å². The van der Waals surface area contributed by atoms with Crippen LogP contribution in [0.15, 0.2) is 6.07 Å². The van der Waals surface area contributed by atoms with Crippen molar-refractivity contribution in [3.8, 4) is 0 Å². The summed E-state index contributed by atoms with van der Waals surface area (Å²) in [7, 11) is 1.78. The molecule has 1 aliphatic carbocycles. The first-order valence-electron chi connectivity index (χ1n) is 8.09. The summed E-state index contributed by atoms with van der Waals surface area (Å²) in [6.45, 7) is 13.4. The first kappa shape index (κ1) is 16.6. The number of nitrogens with two attached hydrogens (primary N) is 1. The molecule has 2 rings (SSSR count). The summed E-state index contributed by atoms with van der Waals surface area (Å²) in [6, 6.07) is 2.49. The molecule has 3 heteroatoms. The smallest absolute Gasteiger partial charge is 0.0468 e. The van der Waals surface area contributed by atoms with E-state index in [4.69, 9.17) is 10.5 Å². The number of fused-ring (bicyclic) bond motifs is 1. The second-order valence-corrected chi connectivity index (χ2v) is 8.33. The number of rotatable bonds is 5. The molecule has 0 saturated heterocycles. The molecule has 1 aromatic rings. The van der Waals surface area contributed by atoms with Gasteiger partial charge in [0.25, 0.3) is 0 Å². The average molecular weight is 292 g/mol. The van der Waals surface area contributed by atoms with E-state index in [1.807, 2.05) is 0 Å². The van der Waals surface area contributed by atoms with Gasteiger partial charge in [0.05, 0.1) is 0 Å². The maximum atomic E-state index is 6.41. The van der Waals surface area contributed by atoms with Crippen LogP contribution in [0.25, 0.3) is 0 Å². The minimum absolute atomic E-state index is 0.186. The van der Waals surface area contributed by atoms with Gasteiger partial charge in [-0.15, -0.1) is 0 Å². The summed E-state index contributed by atoms with van der Waals surface area (Å²) in [5.74, 6) is 0. The van der Waals surface area contributed by atoms with Gasteiger partial charge in [-0.25, -0.2) is 0 Å². The van der Waals surface area contributed by atoms with Crippen molar-refractivity contribution in [2.24, 2.45) is 16.6 Å². The highest BCUT2D eigenvalue weighted by molar-refractivity contribution is 5.34. The maximum Gasteiger partial charge on any atom is 0.0468 e. The Labute approximate surface area is 129 Å². The molecule has 0 radical (unpaired) electrons. The Morgan fingerprint density at radius 2 is 2.10 bits per heavy atom. The van der Waals surface area contributed by atoms with Crippen molar-refractivity contribution in [2.45, 2.75) is 66.5 Å². The molecule has 21 heavy (non-hydrogen) atoms. The Kier molecular flexibility index (Phi) is 4.55. The number of hydrogen-bond acceptors (Lipinski definition) is 2. The standard InChI is InChI=1S/C18H32N2O/c1-13-9-14-15(19)10-18(4,5)11-16(14)20(13)12-17(2,3)7-8-21-6/h9,15H,7-8,10-12,19H2,1-6H3.